The van der Waals surface area contributed by atoms with Gasteiger partial charge in [-0.1, -0.05) is 6.07 Å². The molecule has 0 unspecified atom stereocenters. The minimum Gasteiger partial charge on any atom is -0.381 e. The van der Waals surface area contributed by atoms with Gasteiger partial charge in [0.1, 0.15) is 11.6 Å². The average molecular weight is 415 g/mol. The van der Waals surface area contributed by atoms with Crippen molar-refractivity contribution in [1.82, 2.24) is 9.97 Å². The van der Waals surface area contributed by atoms with Crippen molar-refractivity contribution in [3.63, 3.8) is 0 Å². The Labute approximate surface area is 176 Å². The van der Waals surface area contributed by atoms with Crippen LogP contribution in [0.5, 0.6) is 0 Å². The number of aromatic nitrogens is 2. The normalized spacial score (nSPS) is 23.7. The second-order valence-corrected chi connectivity index (χ2v) is 8.54. The molecule has 0 radical (unpaired) electrons. The lowest BCUT2D eigenvalue weighted by Crippen LogP contribution is -2.50. The van der Waals surface area contributed by atoms with Crippen LogP contribution in [0.3, 0.4) is 0 Å². The monoisotopic (exact) mass is 414 g/mol. The number of hydrogen-bond acceptors (Lipinski definition) is 7. The third-order valence-electron chi connectivity index (χ3n) is 6.11. The maximum atomic E-state index is 14.6. The summed E-state index contributed by atoms with van der Waals surface area (Å²) in [6.45, 7) is 1.95. The highest BCUT2D eigenvalue weighted by Gasteiger charge is 2.27. The summed E-state index contributed by atoms with van der Waals surface area (Å²) >= 11 is 0. The zero-order chi connectivity index (χ0) is 21.0. The van der Waals surface area contributed by atoms with Gasteiger partial charge >= 0.3 is 0 Å². The largest absolute Gasteiger partial charge is 0.381 e. The van der Waals surface area contributed by atoms with E-state index in [1.165, 1.54) is 6.20 Å². The van der Waals surface area contributed by atoms with Gasteiger partial charge in [0, 0.05) is 42.9 Å². The quantitative estimate of drug-likeness (QED) is 0.575. The molecule has 2 aliphatic rings. The average Bonchev–Trinajstić information content (AvgIpc) is 2.76. The van der Waals surface area contributed by atoms with E-state index in [0.29, 0.717) is 48.7 Å². The number of hydrogen-bond donors (Lipinski definition) is 4. The molecule has 2 fully saturated rings. The van der Waals surface area contributed by atoms with Crippen molar-refractivity contribution in [2.24, 2.45) is 11.5 Å². The molecule has 0 atom stereocenters. The molecule has 30 heavy (non-hydrogen) atoms. The Kier molecular flexibility index (Phi) is 6.46. The smallest absolute Gasteiger partial charge is 0.151 e. The number of ether oxygens (including phenoxy) is 1. The van der Waals surface area contributed by atoms with Gasteiger partial charge in [0.05, 0.1) is 11.9 Å². The molecule has 8 heteroatoms. The lowest BCUT2D eigenvalue weighted by Gasteiger charge is -2.33. The van der Waals surface area contributed by atoms with E-state index in [0.717, 1.165) is 38.5 Å². The number of halogens is 1. The van der Waals surface area contributed by atoms with Crippen LogP contribution in [0, 0.1) is 5.82 Å². The van der Waals surface area contributed by atoms with Crippen LogP contribution in [-0.2, 0) is 4.74 Å². The van der Waals surface area contributed by atoms with Crippen molar-refractivity contribution in [3.05, 3.63) is 36.3 Å². The zero-order valence-electron chi connectivity index (χ0n) is 17.2. The second-order valence-electron chi connectivity index (χ2n) is 8.54. The molecule has 2 aromatic rings. The molecule has 2 aromatic heterocycles. The summed E-state index contributed by atoms with van der Waals surface area (Å²) in [6.07, 6.45) is 6.86. The third-order valence-corrected chi connectivity index (χ3v) is 6.11. The summed E-state index contributed by atoms with van der Waals surface area (Å²) in [6, 6.07) is 7.88. The lowest BCUT2D eigenvalue weighted by molar-refractivity contribution is 0.0574. The van der Waals surface area contributed by atoms with Gasteiger partial charge in [-0.2, -0.15) is 0 Å². The predicted molar refractivity (Wildman–Crippen MR) is 117 cm³/mol. The van der Waals surface area contributed by atoms with Crippen molar-refractivity contribution < 1.29 is 9.13 Å². The first kappa shape index (κ1) is 21.0. The van der Waals surface area contributed by atoms with Crippen LogP contribution in [0.4, 0.5) is 16.0 Å². The van der Waals surface area contributed by atoms with Crippen molar-refractivity contribution in [2.45, 2.75) is 56.1 Å². The zero-order valence-corrected chi connectivity index (χ0v) is 17.2. The third kappa shape index (κ3) is 5.24. The molecule has 0 bridgehead atoms. The first-order valence-corrected chi connectivity index (χ1v) is 10.8. The van der Waals surface area contributed by atoms with E-state index in [1.807, 2.05) is 12.1 Å². The van der Waals surface area contributed by atoms with Crippen molar-refractivity contribution >= 4 is 11.6 Å². The standard InChI is InChI=1S/C22H31FN6O/c23-18-13-26-21(28-16-6-4-15(24)5-7-16)12-17(18)19-2-1-3-20(29-19)27-14-22(25)8-10-30-11-9-22/h1-3,12-13,15-16H,4-11,14,24-25H2,(H,26,28)(H,27,29). The minimum atomic E-state index is -0.393. The highest BCUT2D eigenvalue weighted by molar-refractivity contribution is 5.65. The predicted octanol–water partition coefficient (Wildman–Crippen LogP) is 2.88. The van der Waals surface area contributed by atoms with E-state index >= 15 is 0 Å². The molecule has 0 amide bonds. The van der Waals surface area contributed by atoms with Crippen LogP contribution in [0.15, 0.2) is 30.5 Å². The number of pyridine rings is 2. The van der Waals surface area contributed by atoms with Crippen molar-refractivity contribution in [3.8, 4) is 11.3 Å². The van der Waals surface area contributed by atoms with E-state index in [9.17, 15) is 4.39 Å². The van der Waals surface area contributed by atoms with Gasteiger partial charge in [-0.05, 0) is 56.7 Å². The molecule has 3 heterocycles. The van der Waals surface area contributed by atoms with Crippen LogP contribution in [0.2, 0.25) is 0 Å². The molecule has 1 saturated heterocycles. The van der Waals surface area contributed by atoms with Gasteiger partial charge < -0.3 is 26.8 Å². The molecule has 1 aliphatic heterocycles. The van der Waals surface area contributed by atoms with Gasteiger partial charge in [0.2, 0.25) is 0 Å². The SMILES string of the molecule is NC1CCC(Nc2cc(-c3cccc(NCC4(N)CCOCC4)n3)c(F)cn2)CC1. The maximum Gasteiger partial charge on any atom is 0.151 e. The summed E-state index contributed by atoms with van der Waals surface area (Å²) in [5.74, 6) is 0.946. The Morgan fingerprint density at radius 1 is 1.13 bits per heavy atom. The fourth-order valence-corrected chi connectivity index (χ4v) is 4.09. The Morgan fingerprint density at radius 2 is 1.90 bits per heavy atom. The van der Waals surface area contributed by atoms with Crippen molar-refractivity contribution in [1.29, 1.82) is 0 Å². The van der Waals surface area contributed by atoms with E-state index in [4.69, 9.17) is 16.2 Å². The van der Waals surface area contributed by atoms with E-state index < -0.39 is 5.82 Å². The summed E-state index contributed by atoms with van der Waals surface area (Å²) in [7, 11) is 0. The number of rotatable bonds is 6. The summed E-state index contributed by atoms with van der Waals surface area (Å²) in [4.78, 5) is 8.82. The molecule has 0 aromatic carbocycles. The number of nitrogens with zero attached hydrogens (tertiary/aromatic N) is 2. The molecule has 7 nitrogen and oxygen atoms in total. The van der Waals surface area contributed by atoms with Crippen LogP contribution in [0.25, 0.3) is 11.3 Å². The first-order valence-electron chi connectivity index (χ1n) is 10.8. The molecular weight excluding hydrogens is 383 g/mol. The number of nitrogens with one attached hydrogen (secondary N) is 2. The fraction of sp³-hybridized carbons (Fsp3) is 0.545. The van der Waals surface area contributed by atoms with Gasteiger partial charge in [-0.3, -0.25) is 0 Å². The summed E-state index contributed by atoms with van der Waals surface area (Å²) < 4.78 is 19.9. The molecule has 1 aliphatic carbocycles. The van der Waals surface area contributed by atoms with Crippen molar-refractivity contribution in [2.75, 3.05) is 30.4 Å². The fourth-order valence-electron chi connectivity index (χ4n) is 4.09. The Morgan fingerprint density at radius 3 is 2.67 bits per heavy atom. The first-order chi connectivity index (χ1) is 14.5. The number of nitrogens with two attached hydrogens (primary N) is 2. The van der Waals surface area contributed by atoms with Gasteiger partial charge in [0.15, 0.2) is 5.82 Å². The highest BCUT2D eigenvalue weighted by atomic mass is 19.1. The Bertz CT molecular complexity index is 849. The molecule has 6 N–H and O–H groups in total. The minimum absolute atomic E-state index is 0.285. The molecule has 0 spiro atoms. The van der Waals surface area contributed by atoms with Gasteiger partial charge in [0.25, 0.3) is 0 Å². The number of anilines is 2. The lowest BCUT2D eigenvalue weighted by atomic mass is 9.91. The second kappa shape index (κ2) is 9.24. The molecule has 162 valence electrons. The van der Waals surface area contributed by atoms with Crippen LogP contribution in [-0.4, -0.2) is 47.3 Å². The molecule has 1 saturated carbocycles. The van der Waals surface area contributed by atoms with E-state index in [-0.39, 0.29) is 11.6 Å². The van der Waals surface area contributed by atoms with Gasteiger partial charge in [-0.15, -0.1) is 0 Å². The highest BCUT2D eigenvalue weighted by Crippen LogP contribution is 2.27. The van der Waals surface area contributed by atoms with Crippen LogP contribution < -0.4 is 22.1 Å². The van der Waals surface area contributed by atoms with E-state index in [2.05, 4.69) is 20.6 Å². The maximum absolute atomic E-state index is 14.6. The topological polar surface area (TPSA) is 111 Å². The molecular formula is C22H31FN6O. The Balaban J connectivity index is 1.46. The van der Waals surface area contributed by atoms with Gasteiger partial charge in [-0.25, -0.2) is 14.4 Å². The molecule has 4 rings (SSSR count). The summed E-state index contributed by atoms with van der Waals surface area (Å²) in [5, 5.41) is 6.73. The summed E-state index contributed by atoms with van der Waals surface area (Å²) in [5.41, 5.74) is 13.1. The van der Waals surface area contributed by atoms with E-state index in [1.54, 1.807) is 12.1 Å². The van der Waals surface area contributed by atoms with Crippen LogP contribution >= 0.6 is 0 Å². The van der Waals surface area contributed by atoms with Crippen LogP contribution in [0.1, 0.15) is 38.5 Å². The Hall–Kier alpha value is -2.29.